The summed E-state index contributed by atoms with van der Waals surface area (Å²) in [6.07, 6.45) is 7.17. The van der Waals surface area contributed by atoms with E-state index in [9.17, 15) is 0 Å². The molecule has 0 aromatic rings. The van der Waals surface area contributed by atoms with Gasteiger partial charge in [0, 0.05) is 31.2 Å². The lowest BCUT2D eigenvalue weighted by Crippen LogP contribution is -2.61. The number of nitrogens with one attached hydrogen (secondary N) is 1. The van der Waals surface area contributed by atoms with Crippen LogP contribution in [0.25, 0.3) is 0 Å². The van der Waals surface area contributed by atoms with E-state index in [0.717, 1.165) is 29.8 Å². The molecule has 1 aliphatic heterocycles. The summed E-state index contributed by atoms with van der Waals surface area (Å²) < 4.78 is 0. The van der Waals surface area contributed by atoms with Gasteiger partial charge < -0.3 is 5.32 Å². The van der Waals surface area contributed by atoms with Crippen molar-refractivity contribution < 1.29 is 0 Å². The van der Waals surface area contributed by atoms with Crippen LogP contribution in [-0.4, -0.2) is 36.1 Å². The number of hydrogen-bond donors (Lipinski definition) is 1. The largest absolute Gasteiger partial charge is 0.311 e. The van der Waals surface area contributed by atoms with Gasteiger partial charge in [0.15, 0.2) is 0 Å². The van der Waals surface area contributed by atoms with Gasteiger partial charge in [-0.05, 0) is 43.9 Å². The van der Waals surface area contributed by atoms with E-state index in [1.165, 1.54) is 45.2 Å². The van der Waals surface area contributed by atoms with E-state index in [0.29, 0.717) is 6.04 Å². The van der Waals surface area contributed by atoms with Crippen LogP contribution in [0.5, 0.6) is 0 Å². The third-order valence-corrected chi connectivity index (χ3v) is 5.60. The predicted molar refractivity (Wildman–Crippen MR) is 88.0 cm³/mol. The molecular formula is C18H36N2. The molecule has 1 saturated carbocycles. The zero-order chi connectivity index (χ0) is 14.7. The highest BCUT2D eigenvalue weighted by Crippen LogP contribution is 2.33. The Morgan fingerprint density at radius 2 is 1.70 bits per heavy atom. The Bertz CT molecular complexity index is 281. The Balaban J connectivity index is 2.01. The molecule has 0 aromatic carbocycles. The summed E-state index contributed by atoms with van der Waals surface area (Å²) in [6.45, 7) is 14.4. The molecule has 2 nitrogen and oxygen atoms in total. The average molecular weight is 280 g/mol. The molecule has 3 unspecified atom stereocenters. The maximum atomic E-state index is 3.82. The molecule has 0 radical (unpaired) electrons. The maximum Gasteiger partial charge on any atom is 0.0247 e. The third kappa shape index (κ3) is 3.98. The van der Waals surface area contributed by atoms with Gasteiger partial charge >= 0.3 is 0 Å². The molecule has 2 heteroatoms. The number of piperazine rings is 1. The van der Waals surface area contributed by atoms with Crippen molar-refractivity contribution in [3.63, 3.8) is 0 Å². The van der Waals surface area contributed by atoms with Crippen molar-refractivity contribution >= 4 is 0 Å². The van der Waals surface area contributed by atoms with Crippen LogP contribution in [0.15, 0.2) is 0 Å². The van der Waals surface area contributed by atoms with Crippen molar-refractivity contribution in [2.45, 2.75) is 84.8 Å². The summed E-state index contributed by atoms with van der Waals surface area (Å²) in [5.41, 5.74) is 0. The molecule has 1 N–H and O–H groups in total. The van der Waals surface area contributed by atoms with Gasteiger partial charge in [-0.25, -0.2) is 0 Å². The van der Waals surface area contributed by atoms with Gasteiger partial charge in [0.2, 0.25) is 0 Å². The Morgan fingerprint density at radius 3 is 2.25 bits per heavy atom. The summed E-state index contributed by atoms with van der Waals surface area (Å²) in [6, 6.07) is 2.21. The highest BCUT2D eigenvalue weighted by Gasteiger charge is 2.36. The molecule has 118 valence electrons. The molecule has 20 heavy (non-hydrogen) atoms. The first-order chi connectivity index (χ1) is 9.49. The molecule has 2 rings (SSSR count). The average Bonchev–Trinajstić information content (AvgIpc) is 2.90. The molecule has 0 spiro atoms. The molecular weight excluding hydrogens is 244 g/mol. The van der Waals surface area contributed by atoms with E-state index >= 15 is 0 Å². The van der Waals surface area contributed by atoms with Crippen molar-refractivity contribution in [2.24, 2.45) is 17.8 Å². The van der Waals surface area contributed by atoms with Gasteiger partial charge in [-0.1, -0.05) is 40.5 Å². The number of hydrogen-bond acceptors (Lipinski definition) is 2. The second-order valence-electron chi connectivity index (χ2n) is 8.03. The minimum atomic E-state index is 0.703. The Kier molecular flexibility index (Phi) is 5.92. The van der Waals surface area contributed by atoms with Crippen LogP contribution in [0.4, 0.5) is 0 Å². The van der Waals surface area contributed by atoms with E-state index in [4.69, 9.17) is 0 Å². The third-order valence-electron chi connectivity index (χ3n) is 5.60. The predicted octanol–water partition coefficient (Wildman–Crippen LogP) is 3.91. The van der Waals surface area contributed by atoms with Crippen LogP contribution in [0.3, 0.4) is 0 Å². The topological polar surface area (TPSA) is 15.3 Å². The van der Waals surface area contributed by atoms with Crippen LogP contribution >= 0.6 is 0 Å². The standard InChI is InChI=1S/C18H36N2/c1-13(2)10-17-12-20(18(11-19-17)14(3)4)15(5)16-8-6-7-9-16/h13-19H,6-12H2,1-5H3. The molecule has 0 amide bonds. The minimum absolute atomic E-state index is 0.703. The van der Waals surface area contributed by atoms with Crippen LogP contribution in [-0.2, 0) is 0 Å². The molecule has 2 fully saturated rings. The van der Waals surface area contributed by atoms with Crippen molar-refractivity contribution in [3.05, 3.63) is 0 Å². The molecule has 1 heterocycles. The summed E-state index contributed by atoms with van der Waals surface area (Å²) in [5, 5.41) is 3.82. The number of rotatable bonds is 5. The van der Waals surface area contributed by atoms with Crippen LogP contribution in [0, 0.1) is 17.8 Å². The SMILES string of the molecule is CC(C)CC1CN(C(C)C2CCCC2)C(C(C)C)CN1. The lowest BCUT2D eigenvalue weighted by molar-refractivity contribution is 0.0345. The van der Waals surface area contributed by atoms with Gasteiger partial charge in [0.25, 0.3) is 0 Å². The monoisotopic (exact) mass is 280 g/mol. The maximum absolute atomic E-state index is 3.82. The van der Waals surface area contributed by atoms with E-state index in [2.05, 4.69) is 44.8 Å². The van der Waals surface area contributed by atoms with Crippen molar-refractivity contribution in [1.82, 2.24) is 10.2 Å². The molecule has 3 atom stereocenters. The lowest BCUT2D eigenvalue weighted by Gasteiger charge is -2.47. The van der Waals surface area contributed by atoms with Gasteiger partial charge in [0.1, 0.15) is 0 Å². The van der Waals surface area contributed by atoms with E-state index in [-0.39, 0.29) is 0 Å². The molecule has 0 bridgehead atoms. The highest BCUT2D eigenvalue weighted by atomic mass is 15.3. The second-order valence-corrected chi connectivity index (χ2v) is 8.03. The molecule has 2 aliphatic rings. The highest BCUT2D eigenvalue weighted by molar-refractivity contribution is 4.93. The number of nitrogens with zero attached hydrogens (tertiary/aromatic N) is 1. The fourth-order valence-corrected chi connectivity index (χ4v) is 4.38. The smallest absolute Gasteiger partial charge is 0.0247 e. The van der Waals surface area contributed by atoms with Gasteiger partial charge in [0.05, 0.1) is 0 Å². The van der Waals surface area contributed by atoms with Gasteiger partial charge in [-0.2, -0.15) is 0 Å². The Morgan fingerprint density at radius 1 is 1.05 bits per heavy atom. The first-order valence-corrected chi connectivity index (χ1v) is 8.98. The lowest BCUT2D eigenvalue weighted by atomic mass is 9.89. The minimum Gasteiger partial charge on any atom is -0.311 e. The molecule has 0 aromatic heterocycles. The van der Waals surface area contributed by atoms with Crippen molar-refractivity contribution in [2.75, 3.05) is 13.1 Å². The van der Waals surface area contributed by atoms with Crippen LogP contribution in [0.1, 0.15) is 66.7 Å². The van der Waals surface area contributed by atoms with E-state index < -0.39 is 0 Å². The first kappa shape index (κ1) is 16.3. The Labute approximate surface area is 126 Å². The van der Waals surface area contributed by atoms with Crippen molar-refractivity contribution in [1.29, 1.82) is 0 Å². The van der Waals surface area contributed by atoms with E-state index in [1.54, 1.807) is 0 Å². The summed E-state index contributed by atoms with van der Waals surface area (Å²) >= 11 is 0. The van der Waals surface area contributed by atoms with Crippen LogP contribution in [0.2, 0.25) is 0 Å². The van der Waals surface area contributed by atoms with Crippen LogP contribution < -0.4 is 5.32 Å². The van der Waals surface area contributed by atoms with E-state index in [1.807, 2.05) is 0 Å². The molecule has 1 aliphatic carbocycles. The summed E-state index contributed by atoms with van der Waals surface area (Å²) in [5.74, 6) is 2.51. The zero-order valence-electron chi connectivity index (χ0n) is 14.4. The molecule has 1 saturated heterocycles. The van der Waals surface area contributed by atoms with Gasteiger partial charge in [-0.3, -0.25) is 4.90 Å². The van der Waals surface area contributed by atoms with Crippen molar-refractivity contribution in [3.8, 4) is 0 Å². The quantitative estimate of drug-likeness (QED) is 0.821. The fourth-order valence-electron chi connectivity index (χ4n) is 4.38. The normalized spacial score (nSPS) is 31.4. The Hall–Kier alpha value is -0.0800. The second kappa shape index (κ2) is 7.26. The zero-order valence-corrected chi connectivity index (χ0v) is 14.4. The van der Waals surface area contributed by atoms with Gasteiger partial charge in [-0.15, -0.1) is 0 Å². The fraction of sp³-hybridized carbons (Fsp3) is 1.00. The first-order valence-electron chi connectivity index (χ1n) is 8.98. The summed E-state index contributed by atoms with van der Waals surface area (Å²) in [7, 11) is 0. The summed E-state index contributed by atoms with van der Waals surface area (Å²) in [4.78, 5) is 2.87.